The van der Waals surface area contributed by atoms with Gasteiger partial charge in [-0.1, -0.05) is 18.2 Å². The highest BCUT2D eigenvalue weighted by Gasteiger charge is 2.34. The summed E-state index contributed by atoms with van der Waals surface area (Å²) in [4.78, 5) is 13.6. The predicted molar refractivity (Wildman–Crippen MR) is 123 cm³/mol. The third-order valence-electron chi connectivity index (χ3n) is 6.82. The molecule has 3 rings (SSSR count). The van der Waals surface area contributed by atoms with Crippen LogP contribution in [0, 0.1) is 13.8 Å². The topological polar surface area (TPSA) is 44.3 Å². The molecule has 0 amide bonds. The average Bonchev–Trinajstić information content (AvgIpc) is 2.70. The molecule has 1 N–H and O–H groups in total. The summed E-state index contributed by atoms with van der Waals surface area (Å²) < 4.78 is 0. The first-order chi connectivity index (χ1) is 13.7. The van der Waals surface area contributed by atoms with Gasteiger partial charge in [0.25, 0.3) is 0 Å². The van der Waals surface area contributed by atoms with Crippen molar-refractivity contribution in [2.45, 2.75) is 71.0 Å². The van der Waals surface area contributed by atoms with E-state index in [1.807, 2.05) is 31.3 Å². The van der Waals surface area contributed by atoms with Crippen LogP contribution in [0.25, 0.3) is 0 Å². The summed E-state index contributed by atoms with van der Waals surface area (Å²) >= 11 is 0. The van der Waals surface area contributed by atoms with Crippen molar-refractivity contribution in [3.05, 3.63) is 47.2 Å². The molecule has 1 aromatic heterocycles. The van der Waals surface area contributed by atoms with Crippen LogP contribution in [0.5, 0.6) is 0 Å². The first kappa shape index (κ1) is 21.6. The van der Waals surface area contributed by atoms with Gasteiger partial charge in [0.15, 0.2) is 0 Å². The minimum Gasteiger partial charge on any atom is -0.363 e. The van der Waals surface area contributed by atoms with Gasteiger partial charge in [-0.05, 0) is 83.2 Å². The summed E-state index contributed by atoms with van der Waals surface area (Å²) in [6, 6.07) is 9.67. The Bertz CT molecular complexity index is 822. The highest BCUT2D eigenvalue weighted by atomic mass is 15.2. The molecule has 0 spiro atoms. The first-order valence-corrected chi connectivity index (χ1v) is 10.8. The van der Waals surface area contributed by atoms with Crippen molar-refractivity contribution in [3.8, 4) is 0 Å². The molecule has 1 heterocycles. The van der Waals surface area contributed by atoms with E-state index in [9.17, 15) is 0 Å². The van der Waals surface area contributed by atoms with Gasteiger partial charge in [-0.15, -0.1) is 0 Å². The lowest BCUT2D eigenvalue weighted by Crippen LogP contribution is -2.48. The number of nitrogens with zero attached hydrogens (tertiary/aromatic N) is 4. The monoisotopic (exact) mass is 395 g/mol. The van der Waals surface area contributed by atoms with Crippen molar-refractivity contribution in [3.63, 3.8) is 0 Å². The van der Waals surface area contributed by atoms with Crippen LogP contribution in [0.1, 0.15) is 56.2 Å². The number of aryl methyl sites for hydroxylation is 1. The number of aromatic nitrogens is 2. The van der Waals surface area contributed by atoms with Crippen molar-refractivity contribution in [2.75, 3.05) is 31.4 Å². The van der Waals surface area contributed by atoms with Gasteiger partial charge in [0, 0.05) is 37.9 Å². The van der Waals surface area contributed by atoms with E-state index in [1.54, 1.807) is 0 Å². The van der Waals surface area contributed by atoms with E-state index < -0.39 is 0 Å². The fourth-order valence-electron chi connectivity index (χ4n) is 4.52. The molecule has 29 heavy (non-hydrogen) atoms. The maximum atomic E-state index is 4.61. The molecule has 0 radical (unpaired) electrons. The second-order valence-corrected chi connectivity index (χ2v) is 9.20. The lowest BCUT2D eigenvalue weighted by Gasteiger charge is -2.45. The quantitative estimate of drug-likeness (QED) is 0.765. The van der Waals surface area contributed by atoms with E-state index in [0.29, 0.717) is 12.1 Å². The van der Waals surface area contributed by atoms with Gasteiger partial charge in [0.2, 0.25) is 5.95 Å². The van der Waals surface area contributed by atoms with Gasteiger partial charge < -0.3 is 10.2 Å². The zero-order chi connectivity index (χ0) is 21.2. The molecule has 1 saturated carbocycles. The maximum absolute atomic E-state index is 4.61. The van der Waals surface area contributed by atoms with E-state index in [1.165, 1.54) is 29.5 Å². The molecule has 1 fully saturated rings. The zero-order valence-corrected chi connectivity index (χ0v) is 19.2. The molecule has 2 aromatic rings. The smallest absolute Gasteiger partial charge is 0.224 e. The summed E-state index contributed by atoms with van der Waals surface area (Å²) in [5, 5.41) is 3.56. The van der Waals surface area contributed by atoms with E-state index in [-0.39, 0.29) is 5.54 Å². The van der Waals surface area contributed by atoms with Crippen LogP contribution in [0.15, 0.2) is 30.5 Å². The van der Waals surface area contributed by atoms with Crippen molar-refractivity contribution in [1.29, 1.82) is 0 Å². The molecule has 1 aliphatic rings. The second-order valence-electron chi connectivity index (χ2n) is 9.20. The standard InChI is InChI=1S/C24H37N5/c1-17-9-8-10-21(18(17)2)24(3,4)29(7)20-13-11-19(12-14-20)26-23-25-16-15-22(27-23)28(5)6/h8-10,15-16,19-20H,11-14H2,1-7H3,(H,25,26,27). The number of nitrogens with one attached hydrogen (secondary N) is 1. The van der Waals surface area contributed by atoms with Crippen molar-refractivity contribution < 1.29 is 0 Å². The molecule has 1 aliphatic carbocycles. The van der Waals surface area contributed by atoms with Gasteiger partial charge in [0.1, 0.15) is 5.82 Å². The molecule has 0 aliphatic heterocycles. The van der Waals surface area contributed by atoms with Gasteiger partial charge >= 0.3 is 0 Å². The molecule has 5 heteroatoms. The van der Waals surface area contributed by atoms with E-state index in [0.717, 1.165) is 24.6 Å². The third-order valence-corrected chi connectivity index (χ3v) is 6.82. The Balaban J connectivity index is 1.62. The molecule has 0 saturated heterocycles. The Labute approximate surface area is 176 Å². The lowest BCUT2D eigenvalue weighted by molar-refractivity contribution is 0.0738. The van der Waals surface area contributed by atoms with Crippen LogP contribution in [0.4, 0.5) is 11.8 Å². The molecule has 0 atom stereocenters. The molecule has 5 nitrogen and oxygen atoms in total. The SMILES string of the molecule is Cc1cccc(C(C)(C)N(C)C2CCC(Nc3nccc(N(C)C)n3)CC2)c1C. The summed E-state index contributed by atoms with van der Waals surface area (Å²) in [7, 11) is 6.31. The minimum absolute atomic E-state index is 0.0180. The molecular formula is C24H37N5. The number of hydrogen-bond acceptors (Lipinski definition) is 5. The fourth-order valence-corrected chi connectivity index (χ4v) is 4.52. The van der Waals surface area contributed by atoms with Crippen LogP contribution in [-0.4, -0.2) is 48.1 Å². The van der Waals surface area contributed by atoms with Crippen molar-refractivity contribution in [1.82, 2.24) is 14.9 Å². The van der Waals surface area contributed by atoms with E-state index >= 15 is 0 Å². The highest BCUT2D eigenvalue weighted by Crippen LogP contribution is 2.35. The van der Waals surface area contributed by atoms with E-state index in [2.05, 4.69) is 73.1 Å². The summed E-state index contributed by atoms with van der Waals surface area (Å²) in [6.07, 6.45) is 6.50. The predicted octanol–water partition coefficient (Wildman–Crippen LogP) is 4.75. The Kier molecular flexibility index (Phi) is 6.47. The van der Waals surface area contributed by atoms with Crippen LogP contribution in [0.3, 0.4) is 0 Å². The van der Waals surface area contributed by atoms with Gasteiger partial charge in [-0.2, -0.15) is 4.98 Å². The molecule has 0 bridgehead atoms. The molecule has 158 valence electrons. The average molecular weight is 396 g/mol. The van der Waals surface area contributed by atoms with Crippen LogP contribution in [0.2, 0.25) is 0 Å². The summed E-state index contributed by atoms with van der Waals surface area (Å²) in [5.41, 5.74) is 4.24. The Morgan fingerprint density at radius 2 is 1.69 bits per heavy atom. The fraction of sp³-hybridized carbons (Fsp3) is 0.583. The van der Waals surface area contributed by atoms with Crippen LogP contribution >= 0.6 is 0 Å². The van der Waals surface area contributed by atoms with Gasteiger partial charge in [0.05, 0.1) is 0 Å². The summed E-state index contributed by atoms with van der Waals surface area (Å²) in [6.45, 7) is 9.18. The third kappa shape index (κ3) is 4.72. The molecule has 0 unspecified atom stereocenters. The number of benzene rings is 1. The van der Waals surface area contributed by atoms with Crippen molar-refractivity contribution in [2.24, 2.45) is 0 Å². The summed E-state index contributed by atoms with van der Waals surface area (Å²) in [5.74, 6) is 1.68. The van der Waals surface area contributed by atoms with Crippen LogP contribution in [-0.2, 0) is 5.54 Å². The normalized spacial score (nSPS) is 20.0. The Morgan fingerprint density at radius 3 is 2.34 bits per heavy atom. The Morgan fingerprint density at radius 1 is 1.00 bits per heavy atom. The lowest BCUT2D eigenvalue weighted by atomic mass is 9.83. The molecule has 1 aromatic carbocycles. The highest BCUT2D eigenvalue weighted by molar-refractivity contribution is 5.41. The van der Waals surface area contributed by atoms with Gasteiger partial charge in [-0.25, -0.2) is 4.98 Å². The largest absolute Gasteiger partial charge is 0.363 e. The van der Waals surface area contributed by atoms with Crippen molar-refractivity contribution >= 4 is 11.8 Å². The zero-order valence-electron chi connectivity index (χ0n) is 19.2. The van der Waals surface area contributed by atoms with E-state index in [4.69, 9.17) is 0 Å². The number of anilines is 2. The number of hydrogen-bond donors (Lipinski definition) is 1. The maximum Gasteiger partial charge on any atom is 0.224 e. The first-order valence-electron chi connectivity index (χ1n) is 10.8. The van der Waals surface area contributed by atoms with Crippen LogP contribution < -0.4 is 10.2 Å². The Hall–Kier alpha value is -2.14. The second kappa shape index (κ2) is 8.70. The minimum atomic E-state index is 0.0180. The van der Waals surface area contributed by atoms with Gasteiger partial charge in [-0.3, -0.25) is 4.90 Å². The molecular weight excluding hydrogens is 358 g/mol. The number of rotatable bonds is 6.